The van der Waals surface area contributed by atoms with Gasteiger partial charge in [0, 0.05) is 25.2 Å². The van der Waals surface area contributed by atoms with E-state index >= 15 is 0 Å². The predicted molar refractivity (Wildman–Crippen MR) is 102 cm³/mol. The Bertz CT molecular complexity index is 632. The molecular weight excluding hydrogens is 369 g/mol. The molecule has 1 aliphatic carbocycles. The van der Waals surface area contributed by atoms with Crippen molar-refractivity contribution in [2.45, 2.75) is 75.4 Å². The Morgan fingerprint density at radius 1 is 1.21 bits per heavy atom. The largest absolute Gasteiger partial charge is 0.573 e. The lowest BCUT2D eigenvalue weighted by molar-refractivity contribution is -0.274. The molecule has 7 heteroatoms. The lowest BCUT2D eigenvalue weighted by atomic mass is 9.75. The zero-order valence-electron chi connectivity index (χ0n) is 16.5. The number of rotatable bonds is 6. The average Bonchev–Trinajstić information content (AvgIpc) is 2.66. The maximum atomic E-state index is 12.4. The third-order valence-corrected chi connectivity index (χ3v) is 6.31. The van der Waals surface area contributed by atoms with Crippen molar-refractivity contribution in [2.24, 2.45) is 0 Å². The van der Waals surface area contributed by atoms with Crippen LogP contribution < -0.4 is 10.1 Å². The van der Waals surface area contributed by atoms with Gasteiger partial charge < -0.3 is 15.2 Å². The first-order valence-electron chi connectivity index (χ1n) is 10.3. The summed E-state index contributed by atoms with van der Waals surface area (Å²) >= 11 is 0. The van der Waals surface area contributed by atoms with E-state index in [-0.39, 0.29) is 11.8 Å². The highest BCUT2D eigenvalue weighted by molar-refractivity contribution is 5.29. The van der Waals surface area contributed by atoms with Crippen LogP contribution >= 0.6 is 0 Å². The normalized spacial score (nSPS) is 27.7. The number of likely N-dealkylation sites (tertiary alicyclic amines) is 1. The minimum absolute atomic E-state index is 0.133. The summed E-state index contributed by atoms with van der Waals surface area (Å²) < 4.78 is 41.4. The maximum absolute atomic E-state index is 12.4. The Kier molecular flexibility index (Phi) is 6.89. The number of halogens is 3. The molecule has 158 valence electrons. The molecule has 1 aromatic rings. The number of piperidine rings is 1. The second-order valence-corrected chi connectivity index (χ2v) is 8.16. The summed E-state index contributed by atoms with van der Waals surface area (Å²) in [4.78, 5) is 2.43. The maximum Gasteiger partial charge on any atom is 0.573 e. The molecule has 4 nitrogen and oxygen atoms in total. The Hall–Kier alpha value is -1.31. The van der Waals surface area contributed by atoms with E-state index in [0.717, 1.165) is 57.2 Å². The zero-order chi connectivity index (χ0) is 20.2. The highest BCUT2D eigenvalue weighted by atomic mass is 19.4. The fourth-order valence-electron chi connectivity index (χ4n) is 4.78. The first-order chi connectivity index (χ1) is 13.3. The van der Waals surface area contributed by atoms with Gasteiger partial charge in [0.2, 0.25) is 0 Å². The van der Waals surface area contributed by atoms with E-state index in [9.17, 15) is 18.3 Å². The number of benzene rings is 1. The van der Waals surface area contributed by atoms with Gasteiger partial charge in [-0.2, -0.15) is 0 Å². The Balaban J connectivity index is 1.63. The number of hydrogen-bond acceptors (Lipinski definition) is 4. The third-order valence-electron chi connectivity index (χ3n) is 6.31. The van der Waals surface area contributed by atoms with Crippen LogP contribution in [-0.4, -0.2) is 54.2 Å². The fourth-order valence-corrected chi connectivity index (χ4v) is 4.78. The Labute approximate surface area is 165 Å². The first-order valence-corrected chi connectivity index (χ1v) is 10.3. The minimum Gasteiger partial charge on any atom is -0.406 e. The molecule has 1 aliphatic heterocycles. The van der Waals surface area contributed by atoms with E-state index in [1.165, 1.54) is 12.1 Å². The number of alkyl halides is 3. The van der Waals surface area contributed by atoms with Gasteiger partial charge in [-0.05, 0) is 63.3 Å². The smallest absolute Gasteiger partial charge is 0.406 e. The Morgan fingerprint density at radius 2 is 1.96 bits per heavy atom. The van der Waals surface area contributed by atoms with E-state index in [0.29, 0.717) is 18.9 Å². The van der Waals surface area contributed by atoms with Gasteiger partial charge in [0.05, 0.1) is 5.60 Å². The van der Waals surface area contributed by atoms with Crippen molar-refractivity contribution < 1.29 is 23.0 Å². The van der Waals surface area contributed by atoms with E-state index in [1.807, 2.05) is 7.05 Å². The van der Waals surface area contributed by atoms with Crippen LogP contribution in [0.1, 0.15) is 50.5 Å². The second kappa shape index (κ2) is 9.01. The van der Waals surface area contributed by atoms with Gasteiger partial charge in [-0.15, -0.1) is 13.2 Å². The molecule has 0 radical (unpaired) electrons. The van der Waals surface area contributed by atoms with Crippen LogP contribution in [0.15, 0.2) is 24.3 Å². The van der Waals surface area contributed by atoms with E-state index < -0.39 is 12.0 Å². The summed E-state index contributed by atoms with van der Waals surface area (Å²) in [5.74, 6) is -0.202. The van der Waals surface area contributed by atoms with Crippen molar-refractivity contribution in [1.82, 2.24) is 10.2 Å². The van der Waals surface area contributed by atoms with Gasteiger partial charge in [-0.1, -0.05) is 25.0 Å². The first kappa shape index (κ1) is 21.4. The molecule has 2 aliphatic rings. The van der Waals surface area contributed by atoms with Crippen molar-refractivity contribution in [1.29, 1.82) is 0 Å². The molecule has 28 heavy (non-hydrogen) atoms. The molecule has 0 amide bonds. The van der Waals surface area contributed by atoms with Gasteiger partial charge >= 0.3 is 6.36 Å². The molecule has 2 fully saturated rings. The number of hydrogen-bond donors (Lipinski definition) is 2. The van der Waals surface area contributed by atoms with Gasteiger partial charge in [0.1, 0.15) is 5.75 Å². The molecule has 3 rings (SSSR count). The molecule has 1 heterocycles. The number of aryl methyl sites for hydroxylation is 1. The molecule has 1 unspecified atom stereocenters. The van der Waals surface area contributed by atoms with E-state index in [2.05, 4.69) is 15.0 Å². The molecule has 0 bridgehead atoms. The molecule has 0 aromatic heterocycles. The summed E-state index contributed by atoms with van der Waals surface area (Å²) in [7, 11) is 1.99. The zero-order valence-corrected chi connectivity index (χ0v) is 16.5. The molecule has 2 N–H and O–H groups in total. The molecule has 1 saturated heterocycles. The van der Waals surface area contributed by atoms with Crippen LogP contribution in [-0.2, 0) is 6.42 Å². The molecular formula is C21H31F3N2O2. The second-order valence-electron chi connectivity index (χ2n) is 8.16. The van der Waals surface area contributed by atoms with E-state index in [1.54, 1.807) is 12.1 Å². The Morgan fingerprint density at radius 3 is 2.64 bits per heavy atom. The van der Waals surface area contributed by atoms with Gasteiger partial charge in [0.15, 0.2) is 0 Å². The van der Waals surface area contributed by atoms with Crippen molar-refractivity contribution >= 4 is 0 Å². The predicted octanol–water partition coefficient (Wildman–Crippen LogP) is 3.88. The standard InChI is InChI=1S/C21H31F3N2O2/c1-25-17-9-13-26(14-10-17)19-7-2-3-11-20(19,27)12-8-16-5-4-6-18(15-16)28-21(22,23)24/h4-6,15,17,19,25,27H,2-3,7-14H2,1H3/t19?,20-/m0/s1. The van der Waals surface area contributed by atoms with Crippen LogP contribution in [0.25, 0.3) is 0 Å². The number of nitrogens with zero attached hydrogens (tertiary/aromatic N) is 1. The van der Waals surface area contributed by atoms with Crippen LogP contribution in [0.3, 0.4) is 0 Å². The molecule has 1 saturated carbocycles. The van der Waals surface area contributed by atoms with Gasteiger partial charge in [0.25, 0.3) is 0 Å². The molecule has 1 aromatic carbocycles. The molecule has 0 spiro atoms. The number of aliphatic hydroxyl groups is 1. The topological polar surface area (TPSA) is 44.7 Å². The lowest BCUT2D eigenvalue weighted by Gasteiger charge is -2.48. The van der Waals surface area contributed by atoms with Crippen LogP contribution in [0.2, 0.25) is 0 Å². The molecule has 2 atom stereocenters. The van der Waals surface area contributed by atoms with Crippen molar-refractivity contribution in [3.8, 4) is 5.75 Å². The number of nitrogens with one attached hydrogen (secondary N) is 1. The van der Waals surface area contributed by atoms with Crippen LogP contribution in [0.5, 0.6) is 5.75 Å². The lowest BCUT2D eigenvalue weighted by Crippen LogP contribution is -2.57. The third kappa shape index (κ3) is 5.61. The number of ether oxygens (including phenoxy) is 1. The summed E-state index contributed by atoms with van der Waals surface area (Å²) in [5, 5.41) is 14.8. The van der Waals surface area contributed by atoms with Gasteiger partial charge in [-0.25, -0.2) is 0 Å². The van der Waals surface area contributed by atoms with Crippen molar-refractivity contribution in [3.05, 3.63) is 29.8 Å². The minimum atomic E-state index is -4.69. The average molecular weight is 400 g/mol. The summed E-state index contributed by atoms with van der Waals surface area (Å²) in [6, 6.07) is 6.77. The van der Waals surface area contributed by atoms with Crippen molar-refractivity contribution in [3.63, 3.8) is 0 Å². The summed E-state index contributed by atoms with van der Waals surface area (Å²) in [5.41, 5.74) is -0.0283. The van der Waals surface area contributed by atoms with Gasteiger partial charge in [-0.3, -0.25) is 4.90 Å². The summed E-state index contributed by atoms with van der Waals surface area (Å²) in [6.07, 6.45) is 2.42. The van der Waals surface area contributed by atoms with Crippen molar-refractivity contribution in [2.75, 3.05) is 20.1 Å². The van der Waals surface area contributed by atoms with Crippen LogP contribution in [0, 0.1) is 0 Å². The monoisotopic (exact) mass is 400 g/mol. The summed E-state index contributed by atoms with van der Waals surface area (Å²) in [6.45, 7) is 1.96. The fraction of sp³-hybridized carbons (Fsp3) is 0.714. The SMILES string of the molecule is CNC1CCN(C2CCCC[C@]2(O)CCc2cccc(OC(F)(F)F)c2)CC1. The van der Waals surface area contributed by atoms with Crippen LogP contribution in [0.4, 0.5) is 13.2 Å². The highest BCUT2D eigenvalue weighted by Gasteiger charge is 2.42. The highest BCUT2D eigenvalue weighted by Crippen LogP contribution is 2.37. The quantitative estimate of drug-likeness (QED) is 0.761. The van der Waals surface area contributed by atoms with E-state index in [4.69, 9.17) is 0 Å².